The Hall–Kier alpha value is -0.640. The van der Waals surface area contributed by atoms with Crippen molar-refractivity contribution in [2.45, 2.75) is 4.90 Å². The van der Waals surface area contributed by atoms with Crippen LogP contribution in [-0.2, 0) is 0 Å². The second-order valence-electron chi connectivity index (χ2n) is 1.69. The summed E-state index contributed by atoms with van der Waals surface area (Å²) < 4.78 is 36.6. The molecule has 0 saturated carbocycles. The SMILES string of the molecule is Fc1ccc(S)c(F)c1F. The van der Waals surface area contributed by atoms with Crippen LogP contribution in [0.3, 0.4) is 0 Å². The first-order valence-electron chi connectivity index (χ1n) is 2.45. The fraction of sp³-hybridized carbons (Fsp3) is 0. The van der Waals surface area contributed by atoms with E-state index in [2.05, 4.69) is 12.6 Å². The Morgan fingerprint density at radius 2 is 1.60 bits per heavy atom. The van der Waals surface area contributed by atoms with Crippen LogP contribution in [-0.4, -0.2) is 0 Å². The summed E-state index contributed by atoms with van der Waals surface area (Å²) >= 11 is 3.53. The van der Waals surface area contributed by atoms with Gasteiger partial charge in [-0.2, -0.15) is 0 Å². The highest BCUT2D eigenvalue weighted by atomic mass is 32.1. The number of thiol groups is 1. The number of hydrogen-bond donors (Lipinski definition) is 1. The first kappa shape index (κ1) is 7.47. The van der Waals surface area contributed by atoms with Gasteiger partial charge in [0.15, 0.2) is 17.5 Å². The molecule has 0 atom stereocenters. The van der Waals surface area contributed by atoms with Crippen molar-refractivity contribution in [3.05, 3.63) is 29.6 Å². The second kappa shape index (κ2) is 2.54. The van der Waals surface area contributed by atoms with Crippen molar-refractivity contribution < 1.29 is 13.2 Å². The Balaban J connectivity index is 3.34. The van der Waals surface area contributed by atoms with Crippen LogP contribution in [0.2, 0.25) is 0 Å². The maximum absolute atomic E-state index is 12.3. The third-order valence-corrected chi connectivity index (χ3v) is 1.36. The lowest BCUT2D eigenvalue weighted by molar-refractivity contribution is 0.435. The molecule has 0 N–H and O–H groups in total. The van der Waals surface area contributed by atoms with Gasteiger partial charge in [0.1, 0.15) is 0 Å². The van der Waals surface area contributed by atoms with Gasteiger partial charge in [-0.25, -0.2) is 13.2 Å². The van der Waals surface area contributed by atoms with Gasteiger partial charge in [-0.05, 0) is 12.1 Å². The van der Waals surface area contributed by atoms with Crippen LogP contribution in [0.5, 0.6) is 0 Å². The third kappa shape index (κ3) is 1.11. The van der Waals surface area contributed by atoms with Gasteiger partial charge in [0, 0.05) is 4.90 Å². The van der Waals surface area contributed by atoms with Crippen molar-refractivity contribution in [3.63, 3.8) is 0 Å². The van der Waals surface area contributed by atoms with Crippen LogP contribution >= 0.6 is 12.6 Å². The summed E-state index contributed by atoms with van der Waals surface area (Å²) in [5, 5.41) is 0. The first-order chi connectivity index (χ1) is 4.63. The summed E-state index contributed by atoms with van der Waals surface area (Å²) in [4.78, 5) is -0.195. The molecule has 4 heteroatoms. The van der Waals surface area contributed by atoms with Gasteiger partial charge in [0.05, 0.1) is 0 Å². The fourth-order valence-corrected chi connectivity index (χ4v) is 0.688. The van der Waals surface area contributed by atoms with Crippen molar-refractivity contribution in [2.24, 2.45) is 0 Å². The van der Waals surface area contributed by atoms with Crippen molar-refractivity contribution >= 4 is 12.6 Å². The molecule has 0 spiro atoms. The normalized spacial score (nSPS) is 10.0. The Morgan fingerprint density at radius 3 is 2.10 bits per heavy atom. The van der Waals surface area contributed by atoms with E-state index in [0.29, 0.717) is 0 Å². The minimum atomic E-state index is -1.48. The highest BCUT2D eigenvalue weighted by Gasteiger charge is 2.09. The molecular weight excluding hydrogens is 161 g/mol. The van der Waals surface area contributed by atoms with Crippen LogP contribution in [0.4, 0.5) is 13.2 Å². The third-order valence-electron chi connectivity index (χ3n) is 1.01. The van der Waals surface area contributed by atoms with E-state index in [-0.39, 0.29) is 4.90 Å². The minimum absolute atomic E-state index is 0.195. The number of halogens is 3. The first-order valence-corrected chi connectivity index (χ1v) is 2.90. The monoisotopic (exact) mass is 164 g/mol. The molecule has 0 aromatic heterocycles. The topological polar surface area (TPSA) is 0 Å². The van der Waals surface area contributed by atoms with Gasteiger partial charge < -0.3 is 0 Å². The Kier molecular flexibility index (Phi) is 1.89. The van der Waals surface area contributed by atoms with Crippen molar-refractivity contribution in [1.82, 2.24) is 0 Å². The van der Waals surface area contributed by atoms with Crippen molar-refractivity contribution in [1.29, 1.82) is 0 Å². The molecule has 1 rings (SSSR count). The summed E-state index contributed by atoms with van der Waals surface area (Å²) in [5.74, 6) is -3.92. The lowest BCUT2D eigenvalue weighted by Gasteiger charge is -1.95. The molecule has 0 aliphatic rings. The Bertz CT molecular complexity index is 232. The predicted octanol–water partition coefficient (Wildman–Crippen LogP) is 2.39. The van der Waals surface area contributed by atoms with E-state index >= 15 is 0 Å². The molecule has 1 aromatic carbocycles. The molecule has 0 aliphatic heterocycles. The van der Waals surface area contributed by atoms with E-state index in [9.17, 15) is 13.2 Å². The zero-order valence-corrected chi connectivity index (χ0v) is 5.63. The molecule has 0 nitrogen and oxygen atoms in total. The molecule has 0 aliphatic carbocycles. The fourth-order valence-electron chi connectivity index (χ4n) is 0.516. The molecule has 0 heterocycles. The number of hydrogen-bond acceptors (Lipinski definition) is 1. The van der Waals surface area contributed by atoms with E-state index in [1.807, 2.05) is 0 Å². The quantitative estimate of drug-likeness (QED) is 0.441. The molecule has 10 heavy (non-hydrogen) atoms. The maximum atomic E-state index is 12.3. The average Bonchev–Trinajstić information content (AvgIpc) is 1.93. The standard InChI is InChI=1S/C6H3F3S/c7-3-1-2-4(10)6(9)5(3)8/h1-2,10H. The van der Waals surface area contributed by atoms with Crippen LogP contribution in [0, 0.1) is 17.5 Å². The lowest BCUT2D eigenvalue weighted by atomic mass is 10.3. The van der Waals surface area contributed by atoms with E-state index in [1.54, 1.807) is 0 Å². The van der Waals surface area contributed by atoms with E-state index < -0.39 is 17.5 Å². The number of rotatable bonds is 0. The van der Waals surface area contributed by atoms with Gasteiger partial charge in [0.25, 0.3) is 0 Å². The summed E-state index contributed by atoms with van der Waals surface area (Å²) in [6.45, 7) is 0. The summed E-state index contributed by atoms with van der Waals surface area (Å²) in [6.07, 6.45) is 0. The van der Waals surface area contributed by atoms with Crippen molar-refractivity contribution in [2.75, 3.05) is 0 Å². The molecule has 0 radical (unpaired) electrons. The van der Waals surface area contributed by atoms with E-state index in [4.69, 9.17) is 0 Å². The molecule has 0 unspecified atom stereocenters. The minimum Gasteiger partial charge on any atom is -0.204 e. The molecule has 0 bridgehead atoms. The average molecular weight is 164 g/mol. The Morgan fingerprint density at radius 1 is 1.00 bits per heavy atom. The van der Waals surface area contributed by atoms with Gasteiger partial charge in [-0.15, -0.1) is 12.6 Å². The molecule has 54 valence electrons. The molecule has 0 amide bonds. The van der Waals surface area contributed by atoms with Gasteiger partial charge in [-0.1, -0.05) is 0 Å². The molecule has 0 fully saturated rings. The zero-order valence-electron chi connectivity index (χ0n) is 4.74. The molecular formula is C6H3F3S. The van der Waals surface area contributed by atoms with Crippen LogP contribution in [0.25, 0.3) is 0 Å². The summed E-state index contributed by atoms with van der Waals surface area (Å²) in [5.41, 5.74) is 0. The van der Waals surface area contributed by atoms with Gasteiger partial charge >= 0.3 is 0 Å². The van der Waals surface area contributed by atoms with Crippen LogP contribution in [0.15, 0.2) is 17.0 Å². The zero-order chi connectivity index (χ0) is 7.72. The van der Waals surface area contributed by atoms with Crippen molar-refractivity contribution in [3.8, 4) is 0 Å². The summed E-state index contributed by atoms with van der Waals surface area (Å²) in [6, 6.07) is 1.87. The highest BCUT2D eigenvalue weighted by Crippen LogP contribution is 2.17. The van der Waals surface area contributed by atoms with Crippen LogP contribution in [0.1, 0.15) is 0 Å². The maximum Gasteiger partial charge on any atom is 0.195 e. The molecule has 1 aromatic rings. The second-order valence-corrected chi connectivity index (χ2v) is 2.18. The van der Waals surface area contributed by atoms with Crippen LogP contribution < -0.4 is 0 Å². The summed E-state index contributed by atoms with van der Waals surface area (Å²) in [7, 11) is 0. The lowest BCUT2D eigenvalue weighted by Crippen LogP contribution is -1.90. The van der Waals surface area contributed by atoms with E-state index in [0.717, 1.165) is 12.1 Å². The highest BCUT2D eigenvalue weighted by molar-refractivity contribution is 7.80. The predicted molar refractivity (Wildman–Crippen MR) is 33.6 cm³/mol. The van der Waals surface area contributed by atoms with Gasteiger partial charge in [-0.3, -0.25) is 0 Å². The largest absolute Gasteiger partial charge is 0.204 e. The molecule has 0 saturated heterocycles. The number of benzene rings is 1. The smallest absolute Gasteiger partial charge is 0.195 e. The Labute approximate surface area is 61.1 Å². The van der Waals surface area contributed by atoms with E-state index in [1.165, 1.54) is 0 Å². The van der Waals surface area contributed by atoms with Gasteiger partial charge in [0.2, 0.25) is 0 Å².